The molecule has 2 aromatic carbocycles. The van der Waals surface area contributed by atoms with E-state index in [-0.39, 0.29) is 5.56 Å². The number of hydrogen-bond donors (Lipinski definition) is 4. The molecule has 4 N–H and O–H groups in total. The summed E-state index contributed by atoms with van der Waals surface area (Å²) in [5.41, 5.74) is 2.23. The van der Waals surface area contributed by atoms with Gasteiger partial charge in [0.2, 0.25) is 0 Å². The van der Waals surface area contributed by atoms with Crippen LogP contribution in [-0.4, -0.2) is 21.9 Å². The predicted molar refractivity (Wildman–Crippen MR) is 133 cm³/mol. The Labute approximate surface area is 194 Å². The van der Waals surface area contributed by atoms with Crippen LogP contribution in [0.3, 0.4) is 0 Å². The highest BCUT2D eigenvalue weighted by molar-refractivity contribution is 5.99. The second-order valence-corrected chi connectivity index (χ2v) is 8.94. The van der Waals surface area contributed by atoms with E-state index in [1.54, 1.807) is 0 Å². The zero-order chi connectivity index (χ0) is 23.0. The second-order valence-electron chi connectivity index (χ2n) is 8.94. The van der Waals surface area contributed by atoms with Crippen molar-refractivity contribution in [3.63, 3.8) is 0 Å². The fraction of sp³-hybridized carbons (Fsp3) is 0.385. The number of rotatable bonds is 8. The van der Waals surface area contributed by atoms with Crippen molar-refractivity contribution in [2.75, 3.05) is 10.6 Å². The fourth-order valence-corrected chi connectivity index (χ4v) is 4.59. The molecule has 0 radical (unpaired) electrons. The lowest BCUT2D eigenvalue weighted by atomic mass is 9.85. The molecule has 1 fully saturated rings. The smallest absolute Gasteiger partial charge is 0.310 e. The number of hydrogen-bond acceptors (Lipinski definition) is 3. The van der Waals surface area contributed by atoms with Gasteiger partial charge in [-0.3, -0.25) is 15.2 Å². The first kappa shape index (κ1) is 22.9. The molecule has 33 heavy (non-hydrogen) atoms. The van der Waals surface area contributed by atoms with E-state index in [9.17, 15) is 9.59 Å². The van der Waals surface area contributed by atoms with E-state index in [1.165, 1.54) is 49.3 Å². The van der Waals surface area contributed by atoms with Gasteiger partial charge in [0.25, 0.3) is 5.56 Å². The summed E-state index contributed by atoms with van der Waals surface area (Å²) in [5, 5.41) is 12.2. The molecule has 1 atom stereocenters. The first-order valence-electron chi connectivity index (χ1n) is 11.9. The maximum absolute atomic E-state index is 12.6. The van der Waals surface area contributed by atoms with E-state index in [2.05, 4.69) is 28.0 Å². The minimum absolute atomic E-state index is 0.243. The van der Waals surface area contributed by atoms with Gasteiger partial charge in [-0.2, -0.15) is 0 Å². The molecule has 2 amide bonds. The molecule has 3 aromatic rings. The Bertz CT molecular complexity index is 1100. The molecule has 0 aliphatic heterocycles. The lowest BCUT2D eigenvalue weighted by Gasteiger charge is -2.25. The molecule has 4 rings (SSSR count). The van der Waals surface area contributed by atoms with E-state index in [0.29, 0.717) is 24.1 Å². The highest BCUT2D eigenvalue weighted by atomic mass is 16.2. The summed E-state index contributed by atoms with van der Waals surface area (Å²) in [7, 11) is 0. The Morgan fingerprint density at radius 1 is 1.03 bits per heavy atom. The highest BCUT2D eigenvalue weighted by Gasteiger charge is 2.17. The molecule has 1 saturated carbocycles. The zero-order valence-electron chi connectivity index (χ0n) is 19.1. The number of nitrogens with zero attached hydrogens (tertiary/aromatic N) is 1. The molecular weight excluding hydrogens is 414 g/mol. The number of anilines is 2. The third-order valence-electron chi connectivity index (χ3n) is 6.30. The van der Waals surface area contributed by atoms with Crippen molar-refractivity contribution in [2.24, 2.45) is 5.92 Å². The van der Waals surface area contributed by atoms with Crippen LogP contribution < -0.4 is 21.5 Å². The zero-order valence-corrected chi connectivity index (χ0v) is 19.1. The standard InChI is InChI=1S/C26H33N5O2/c1-19(16-20-10-4-2-5-11-20)27-18-21-12-8-9-15-23(21)28-26(33)29-24-17-25(32)31(30-24)22-13-6-3-7-14-22/h3,6-9,12-15,17,19-20,27,30H,2,4-5,10-11,16,18H2,1H3,(H2,28,29,33)/t19-/m0/s1. The van der Waals surface area contributed by atoms with Crippen LogP contribution in [0.1, 0.15) is 51.0 Å². The van der Waals surface area contributed by atoms with E-state index in [0.717, 1.165) is 17.2 Å². The number of carbonyl (C=O) groups is 1. The van der Waals surface area contributed by atoms with Crippen LogP contribution in [0.4, 0.5) is 16.3 Å². The average molecular weight is 448 g/mol. The Hall–Kier alpha value is -3.32. The van der Waals surface area contributed by atoms with Crippen LogP contribution in [-0.2, 0) is 6.54 Å². The lowest BCUT2D eigenvalue weighted by molar-refractivity contribution is 0.262. The number of carbonyl (C=O) groups excluding carboxylic acids is 1. The molecule has 1 heterocycles. The summed E-state index contributed by atoms with van der Waals surface area (Å²) >= 11 is 0. The van der Waals surface area contributed by atoms with Crippen LogP contribution in [0.5, 0.6) is 0 Å². The van der Waals surface area contributed by atoms with Crippen molar-refractivity contribution >= 4 is 17.5 Å². The van der Waals surface area contributed by atoms with Crippen LogP contribution in [0.2, 0.25) is 0 Å². The molecule has 0 saturated heterocycles. The minimum atomic E-state index is -0.404. The number of H-pyrrole nitrogens is 1. The first-order valence-corrected chi connectivity index (χ1v) is 11.9. The van der Waals surface area contributed by atoms with Gasteiger partial charge in [0.1, 0.15) is 5.82 Å². The highest BCUT2D eigenvalue weighted by Crippen LogP contribution is 2.27. The Morgan fingerprint density at radius 3 is 2.55 bits per heavy atom. The number of nitrogens with one attached hydrogen (secondary N) is 4. The Balaban J connectivity index is 1.34. The van der Waals surface area contributed by atoms with Gasteiger partial charge in [-0.05, 0) is 43.0 Å². The van der Waals surface area contributed by atoms with Gasteiger partial charge in [-0.25, -0.2) is 9.48 Å². The number of aromatic amines is 1. The van der Waals surface area contributed by atoms with Gasteiger partial charge in [0.05, 0.1) is 5.69 Å². The van der Waals surface area contributed by atoms with Crippen LogP contribution in [0, 0.1) is 5.92 Å². The molecule has 7 nitrogen and oxygen atoms in total. The van der Waals surface area contributed by atoms with Crippen molar-refractivity contribution in [1.82, 2.24) is 15.1 Å². The third-order valence-corrected chi connectivity index (χ3v) is 6.30. The molecule has 1 aromatic heterocycles. The van der Waals surface area contributed by atoms with Gasteiger partial charge in [-0.1, -0.05) is 68.5 Å². The molecule has 1 aliphatic rings. The molecule has 174 valence electrons. The summed E-state index contributed by atoms with van der Waals surface area (Å²) in [6.45, 7) is 2.93. The van der Waals surface area contributed by atoms with E-state index in [4.69, 9.17) is 0 Å². The molecule has 7 heteroatoms. The maximum atomic E-state index is 12.6. The van der Waals surface area contributed by atoms with E-state index in [1.807, 2.05) is 54.6 Å². The predicted octanol–water partition coefficient (Wildman–Crippen LogP) is 5.26. The van der Waals surface area contributed by atoms with Crippen molar-refractivity contribution < 1.29 is 4.79 Å². The number of amides is 2. The summed E-state index contributed by atoms with van der Waals surface area (Å²) in [5.74, 6) is 1.16. The van der Waals surface area contributed by atoms with Crippen LogP contribution >= 0.6 is 0 Å². The molecule has 0 spiro atoms. The summed E-state index contributed by atoms with van der Waals surface area (Å²) in [4.78, 5) is 24.9. The second kappa shape index (κ2) is 11.0. The summed E-state index contributed by atoms with van der Waals surface area (Å²) in [6.07, 6.45) is 7.99. The third kappa shape index (κ3) is 6.35. The number of benzene rings is 2. The van der Waals surface area contributed by atoms with Crippen LogP contribution in [0.25, 0.3) is 5.69 Å². The summed E-state index contributed by atoms with van der Waals surface area (Å²) < 4.78 is 1.39. The van der Waals surface area contributed by atoms with Gasteiger partial charge in [0, 0.05) is 24.3 Å². The quantitative estimate of drug-likeness (QED) is 0.380. The van der Waals surface area contributed by atoms with Gasteiger partial charge < -0.3 is 10.6 Å². The number of urea groups is 1. The lowest BCUT2D eigenvalue weighted by Crippen LogP contribution is -2.29. The average Bonchev–Trinajstić information content (AvgIpc) is 3.19. The van der Waals surface area contributed by atoms with Gasteiger partial charge >= 0.3 is 6.03 Å². The number of para-hydroxylation sites is 2. The van der Waals surface area contributed by atoms with Crippen molar-refractivity contribution in [3.8, 4) is 5.69 Å². The molecule has 0 unspecified atom stereocenters. The van der Waals surface area contributed by atoms with E-state index >= 15 is 0 Å². The van der Waals surface area contributed by atoms with Gasteiger partial charge in [0.15, 0.2) is 0 Å². The molecule has 0 bridgehead atoms. The van der Waals surface area contributed by atoms with Crippen molar-refractivity contribution in [1.29, 1.82) is 0 Å². The molecular formula is C26H33N5O2. The maximum Gasteiger partial charge on any atom is 0.324 e. The minimum Gasteiger partial charge on any atom is -0.310 e. The first-order chi connectivity index (χ1) is 16.1. The van der Waals surface area contributed by atoms with Crippen molar-refractivity contribution in [2.45, 2.75) is 58.0 Å². The van der Waals surface area contributed by atoms with Crippen LogP contribution in [0.15, 0.2) is 65.5 Å². The van der Waals surface area contributed by atoms with Gasteiger partial charge in [-0.15, -0.1) is 0 Å². The fourth-order valence-electron chi connectivity index (χ4n) is 4.59. The van der Waals surface area contributed by atoms with E-state index < -0.39 is 6.03 Å². The Kier molecular flexibility index (Phi) is 7.62. The number of aromatic nitrogens is 2. The molecule has 1 aliphatic carbocycles. The topological polar surface area (TPSA) is 90.9 Å². The monoisotopic (exact) mass is 447 g/mol. The largest absolute Gasteiger partial charge is 0.324 e. The SMILES string of the molecule is C[C@@H](CC1CCCCC1)NCc1ccccc1NC(=O)Nc1cc(=O)n(-c2ccccc2)[nH]1. The normalized spacial score (nSPS) is 15.2. The van der Waals surface area contributed by atoms with Crippen molar-refractivity contribution in [3.05, 3.63) is 76.6 Å². The Morgan fingerprint density at radius 2 is 1.76 bits per heavy atom. The summed E-state index contributed by atoms with van der Waals surface area (Å²) in [6, 6.07) is 18.4.